The van der Waals surface area contributed by atoms with E-state index in [0.717, 1.165) is 19.5 Å². The number of piperidine rings is 1. The van der Waals surface area contributed by atoms with Crippen molar-refractivity contribution in [2.45, 2.75) is 53.0 Å². The van der Waals surface area contributed by atoms with Crippen molar-refractivity contribution >= 4 is 0 Å². The standard InChI is InChI=1S/C19H32N2/c1-5-16-7-9-17(10-8-16)18(20-6-2)15-21-13-11-19(3,4)12-14-21/h7-10,18,20H,5-6,11-15H2,1-4H3. The highest BCUT2D eigenvalue weighted by Gasteiger charge is 2.26. The van der Waals surface area contributed by atoms with Gasteiger partial charge >= 0.3 is 0 Å². The smallest absolute Gasteiger partial charge is 0.0449 e. The molecule has 1 N–H and O–H groups in total. The van der Waals surface area contributed by atoms with Crippen LogP contribution in [-0.4, -0.2) is 31.1 Å². The molecule has 118 valence electrons. The summed E-state index contributed by atoms with van der Waals surface area (Å²) in [4.78, 5) is 2.63. The number of aryl methyl sites for hydroxylation is 1. The summed E-state index contributed by atoms with van der Waals surface area (Å²) in [5, 5.41) is 3.66. The maximum absolute atomic E-state index is 3.66. The van der Waals surface area contributed by atoms with Gasteiger partial charge in [0.15, 0.2) is 0 Å². The molecule has 2 rings (SSSR count). The van der Waals surface area contributed by atoms with Crippen LogP contribution in [0.25, 0.3) is 0 Å². The van der Waals surface area contributed by atoms with Crippen LogP contribution in [0.1, 0.15) is 57.7 Å². The van der Waals surface area contributed by atoms with Crippen molar-refractivity contribution in [3.63, 3.8) is 0 Å². The number of likely N-dealkylation sites (N-methyl/N-ethyl adjacent to an activating group) is 1. The summed E-state index contributed by atoms with van der Waals surface area (Å²) in [5.74, 6) is 0. The van der Waals surface area contributed by atoms with Crippen LogP contribution in [0.15, 0.2) is 24.3 Å². The van der Waals surface area contributed by atoms with Crippen LogP contribution in [0.5, 0.6) is 0 Å². The van der Waals surface area contributed by atoms with Crippen molar-refractivity contribution in [1.29, 1.82) is 0 Å². The largest absolute Gasteiger partial charge is 0.309 e. The first-order valence-electron chi connectivity index (χ1n) is 8.58. The predicted octanol–water partition coefficient (Wildman–Crippen LogP) is 4.02. The van der Waals surface area contributed by atoms with E-state index in [2.05, 4.69) is 62.2 Å². The van der Waals surface area contributed by atoms with Crippen molar-refractivity contribution in [1.82, 2.24) is 10.2 Å². The Kier molecular flexibility index (Phi) is 5.83. The van der Waals surface area contributed by atoms with Gasteiger partial charge in [-0.15, -0.1) is 0 Å². The molecule has 1 aromatic carbocycles. The Morgan fingerprint density at radius 1 is 1.10 bits per heavy atom. The minimum atomic E-state index is 0.460. The molecule has 1 aromatic rings. The minimum absolute atomic E-state index is 0.460. The van der Waals surface area contributed by atoms with Crippen LogP contribution in [0.4, 0.5) is 0 Å². The predicted molar refractivity (Wildman–Crippen MR) is 91.7 cm³/mol. The SMILES string of the molecule is CCNC(CN1CCC(C)(C)CC1)c1ccc(CC)cc1. The number of nitrogens with one attached hydrogen (secondary N) is 1. The van der Waals surface area contributed by atoms with E-state index in [1.807, 2.05) is 0 Å². The molecule has 1 atom stereocenters. The molecule has 0 aliphatic carbocycles. The van der Waals surface area contributed by atoms with Crippen LogP contribution in [0, 0.1) is 5.41 Å². The second-order valence-electron chi connectivity index (χ2n) is 7.17. The van der Waals surface area contributed by atoms with Gasteiger partial charge in [0.1, 0.15) is 0 Å². The highest BCUT2D eigenvalue weighted by molar-refractivity contribution is 5.25. The lowest BCUT2D eigenvalue weighted by Crippen LogP contribution is -2.42. The van der Waals surface area contributed by atoms with Crippen molar-refractivity contribution in [2.24, 2.45) is 5.41 Å². The summed E-state index contributed by atoms with van der Waals surface area (Å²) in [5.41, 5.74) is 3.39. The second kappa shape index (κ2) is 7.42. The lowest BCUT2D eigenvalue weighted by molar-refractivity contribution is 0.122. The fourth-order valence-electron chi connectivity index (χ4n) is 3.12. The Balaban J connectivity index is 1.98. The molecular formula is C19H32N2. The summed E-state index contributed by atoms with van der Waals surface area (Å²) in [6.45, 7) is 13.9. The number of likely N-dealkylation sites (tertiary alicyclic amines) is 1. The van der Waals surface area contributed by atoms with E-state index in [4.69, 9.17) is 0 Å². The molecule has 0 bridgehead atoms. The molecule has 1 unspecified atom stereocenters. The highest BCUT2D eigenvalue weighted by Crippen LogP contribution is 2.30. The zero-order chi connectivity index (χ0) is 15.3. The van der Waals surface area contributed by atoms with Crippen molar-refractivity contribution < 1.29 is 0 Å². The summed E-state index contributed by atoms with van der Waals surface area (Å²) in [6.07, 6.45) is 3.76. The number of hydrogen-bond acceptors (Lipinski definition) is 2. The lowest BCUT2D eigenvalue weighted by atomic mass is 9.82. The van der Waals surface area contributed by atoms with Gasteiger partial charge in [-0.25, -0.2) is 0 Å². The van der Waals surface area contributed by atoms with Crippen molar-refractivity contribution in [3.05, 3.63) is 35.4 Å². The summed E-state index contributed by atoms with van der Waals surface area (Å²) in [6, 6.07) is 9.63. The van der Waals surface area contributed by atoms with E-state index in [0.29, 0.717) is 11.5 Å². The molecular weight excluding hydrogens is 256 g/mol. The normalized spacial score (nSPS) is 20.4. The van der Waals surface area contributed by atoms with E-state index >= 15 is 0 Å². The van der Waals surface area contributed by atoms with Crippen LogP contribution >= 0.6 is 0 Å². The number of benzene rings is 1. The van der Waals surface area contributed by atoms with Crippen LogP contribution in [0.3, 0.4) is 0 Å². The summed E-state index contributed by atoms with van der Waals surface area (Å²) in [7, 11) is 0. The Labute approximate surface area is 130 Å². The Morgan fingerprint density at radius 2 is 1.71 bits per heavy atom. The molecule has 2 heteroatoms. The van der Waals surface area contributed by atoms with Crippen LogP contribution < -0.4 is 5.32 Å². The van der Waals surface area contributed by atoms with Crippen molar-refractivity contribution in [2.75, 3.05) is 26.2 Å². The van der Waals surface area contributed by atoms with Gasteiger partial charge in [-0.3, -0.25) is 0 Å². The maximum atomic E-state index is 3.66. The van der Waals surface area contributed by atoms with Gasteiger partial charge in [0.05, 0.1) is 0 Å². The number of nitrogens with zero attached hydrogens (tertiary/aromatic N) is 1. The highest BCUT2D eigenvalue weighted by atomic mass is 15.2. The monoisotopic (exact) mass is 288 g/mol. The average molecular weight is 288 g/mol. The van der Waals surface area contributed by atoms with E-state index < -0.39 is 0 Å². The third kappa shape index (κ3) is 4.82. The molecule has 1 saturated heterocycles. The molecule has 21 heavy (non-hydrogen) atoms. The molecule has 1 heterocycles. The minimum Gasteiger partial charge on any atom is -0.309 e. The van der Waals surface area contributed by atoms with Crippen molar-refractivity contribution in [3.8, 4) is 0 Å². The number of hydrogen-bond donors (Lipinski definition) is 1. The molecule has 1 aliphatic heterocycles. The first kappa shape index (κ1) is 16.5. The van der Waals surface area contributed by atoms with Gasteiger partial charge in [-0.2, -0.15) is 0 Å². The van der Waals surface area contributed by atoms with Crippen LogP contribution in [0.2, 0.25) is 0 Å². The molecule has 0 aromatic heterocycles. The topological polar surface area (TPSA) is 15.3 Å². The quantitative estimate of drug-likeness (QED) is 0.850. The molecule has 0 amide bonds. The van der Waals surface area contributed by atoms with E-state index in [9.17, 15) is 0 Å². The fraction of sp³-hybridized carbons (Fsp3) is 0.684. The molecule has 0 spiro atoms. The van der Waals surface area contributed by atoms with E-state index in [1.165, 1.54) is 37.1 Å². The molecule has 1 aliphatic rings. The zero-order valence-electron chi connectivity index (χ0n) is 14.3. The Bertz CT molecular complexity index is 412. The summed E-state index contributed by atoms with van der Waals surface area (Å²) < 4.78 is 0. The van der Waals surface area contributed by atoms with Gasteiger partial charge in [0.25, 0.3) is 0 Å². The fourth-order valence-corrected chi connectivity index (χ4v) is 3.12. The third-order valence-corrected chi connectivity index (χ3v) is 4.89. The zero-order valence-corrected chi connectivity index (χ0v) is 14.3. The van der Waals surface area contributed by atoms with E-state index in [1.54, 1.807) is 0 Å². The number of rotatable bonds is 6. The van der Waals surface area contributed by atoms with E-state index in [-0.39, 0.29) is 0 Å². The van der Waals surface area contributed by atoms with Gasteiger partial charge < -0.3 is 10.2 Å². The third-order valence-electron chi connectivity index (χ3n) is 4.89. The van der Waals surface area contributed by atoms with Gasteiger partial charge in [-0.05, 0) is 55.4 Å². The average Bonchev–Trinajstić information content (AvgIpc) is 2.49. The Morgan fingerprint density at radius 3 is 2.24 bits per heavy atom. The molecule has 0 radical (unpaired) electrons. The van der Waals surface area contributed by atoms with Gasteiger partial charge in [-0.1, -0.05) is 52.0 Å². The Hall–Kier alpha value is -0.860. The van der Waals surface area contributed by atoms with Gasteiger partial charge in [0.2, 0.25) is 0 Å². The molecule has 2 nitrogen and oxygen atoms in total. The first-order valence-corrected chi connectivity index (χ1v) is 8.58. The van der Waals surface area contributed by atoms with Gasteiger partial charge in [0, 0.05) is 12.6 Å². The first-order chi connectivity index (χ1) is 10.0. The maximum Gasteiger partial charge on any atom is 0.0449 e. The van der Waals surface area contributed by atoms with Crippen LogP contribution in [-0.2, 0) is 6.42 Å². The molecule has 0 saturated carbocycles. The summed E-state index contributed by atoms with van der Waals surface area (Å²) >= 11 is 0. The second-order valence-corrected chi connectivity index (χ2v) is 7.17. The molecule has 1 fully saturated rings. The lowest BCUT2D eigenvalue weighted by Gasteiger charge is -2.38.